The molecule has 0 aliphatic carbocycles. The van der Waals surface area contributed by atoms with Crippen molar-refractivity contribution >= 4 is 17.4 Å². The van der Waals surface area contributed by atoms with Gasteiger partial charge in [-0.25, -0.2) is 4.68 Å². The van der Waals surface area contributed by atoms with E-state index in [2.05, 4.69) is 15.7 Å². The van der Waals surface area contributed by atoms with Gasteiger partial charge in [0.25, 0.3) is 5.91 Å². The molecule has 25 heavy (non-hydrogen) atoms. The lowest BCUT2D eigenvalue weighted by Crippen LogP contribution is -2.19. The molecule has 0 atom stereocenters. The Hall–Kier alpha value is -3.22. The Balaban J connectivity index is 1.51. The smallest absolute Gasteiger partial charge is 0.291 e. The van der Waals surface area contributed by atoms with Gasteiger partial charge in [-0.3, -0.25) is 4.79 Å². The maximum absolute atomic E-state index is 12.5. The number of hydrogen-bond acceptors (Lipinski definition) is 5. The third kappa shape index (κ3) is 2.96. The van der Waals surface area contributed by atoms with Gasteiger partial charge < -0.3 is 19.8 Å². The van der Waals surface area contributed by atoms with Gasteiger partial charge in [0.1, 0.15) is 23.0 Å². The molecule has 4 rings (SSSR count). The van der Waals surface area contributed by atoms with E-state index in [9.17, 15) is 4.79 Å². The molecule has 7 heteroatoms. The number of nitrogens with one attached hydrogen (secondary N) is 2. The quantitative estimate of drug-likeness (QED) is 0.763. The van der Waals surface area contributed by atoms with Crippen LogP contribution in [0.5, 0.6) is 5.75 Å². The van der Waals surface area contributed by atoms with E-state index in [1.165, 1.54) is 0 Å². The van der Waals surface area contributed by atoms with Crippen LogP contribution in [-0.2, 0) is 6.54 Å². The summed E-state index contributed by atoms with van der Waals surface area (Å²) in [5.74, 6) is 2.18. The number of rotatable bonds is 4. The molecule has 0 saturated heterocycles. The summed E-state index contributed by atoms with van der Waals surface area (Å²) < 4.78 is 12.7. The molecule has 3 heterocycles. The molecule has 0 spiro atoms. The molecular weight excluding hydrogens is 320 g/mol. The van der Waals surface area contributed by atoms with Crippen molar-refractivity contribution in [2.45, 2.75) is 13.0 Å². The van der Waals surface area contributed by atoms with E-state index in [1.807, 2.05) is 28.9 Å². The first-order valence-electron chi connectivity index (χ1n) is 8.10. The van der Waals surface area contributed by atoms with Gasteiger partial charge in [0.05, 0.1) is 13.3 Å². The topological polar surface area (TPSA) is 81.3 Å². The van der Waals surface area contributed by atoms with Gasteiger partial charge >= 0.3 is 0 Å². The van der Waals surface area contributed by atoms with E-state index >= 15 is 0 Å². The van der Waals surface area contributed by atoms with E-state index < -0.39 is 0 Å². The summed E-state index contributed by atoms with van der Waals surface area (Å²) in [5, 5.41) is 10.4. The number of benzene rings is 1. The van der Waals surface area contributed by atoms with Gasteiger partial charge in [-0.1, -0.05) is 0 Å². The standard InChI is InChI=1S/C18H18N4O3/c1-24-13-5-3-12(4-6-13)15-7-8-16(25-15)18(23)21-14-11-20-22-10-2-9-19-17(14)22/h3-8,11,19H,2,9-10H2,1H3,(H,21,23). The number of ether oxygens (including phenoxy) is 1. The number of aromatic nitrogens is 2. The largest absolute Gasteiger partial charge is 0.497 e. The van der Waals surface area contributed by atoms with Gasteiger partial charge in [0.2, 0.25) is 0 Å². The molecule has 0 radical (unpaired) electrons. The van der Waals surface area contributed by atoms with Crippen LogP contribution in [-0.4, -0.2) is 29.3 Å². The number of carbonyl (C=O) groups excluding carboxylic acids is 1. The second-order valence-corrected chi connectivity index (χ2v) is 5.76. The average molecular weight is 338 g/mol. The zero-order chi connectivity index (χ0) is 17.2. The van der Waals surface area contributed by atoms with E-state index in [4.69, 9.17) is 9.15 Å². The Morgan fingerprint density at radius 1 is 1.28 bits per heavy atom. The Labute approximate surface area is 144 Å². The minimum absolute atomic E-state index is 0.251. The summed E-state index contributed by atoms with van der Waals surface area (Å²) in [5.41, 5.74) is 1.54. The second-order valence-electron chi connectivity index (χ2n) is 5.76. The molecule has 1 aliphatic rings. The SMILES string of the molecule is COc1ccc(-c2ccc(C(=O)Nc3cnn4c3NCCC4)o2)cc1. The van der Waals surface area contributed by atoms with Gasteiger partial charge in [-0.05, 0) is 42.8 Å². The number of hydrogen-bond donors (Lipinski definition) is 2. The van der Waals surface area contributed by atoms with Crippen LogP contribution in [0.4, 0.5) is 11.5 Å². The maximum atomic E-state index is 12.5. The maximum Gasteiger partial charge on any atom is 0.291 e. The minimum Gasteiger partial charge on any atom is -0.497 e. The first-order valence-corrected chi connectivity index (χ1v) is 8.10. The summed E-state index contributed by atoms with van der Waals surface area (Å²) in [6, 6.07) is 10.9. The highest BCUT2D eigenvalue weighted by Gasteiger charge is 2.18. The summed E-state index contributed by atoms with van der Waals surface area (Å²) in [6.45, 7) is 1.72. The lowest BCUT2D eigenvalue weighted by Gasteiger charge is -2.16. The fourth-order valence-corrected chi connectivity index (χ4v) is 2.82. The zero-order valence-corrected chi connectivity index (χ0v) is 13.8. The van der Waals surface area contributed by atoms with E-state index in [-0.39, 0.29) is 11.7 Å². The highest BCUT2D eigenvalue weighted by atomic mass is 16.5. The number of aryl methyl sites for hydroxylation is 1. The third-order valence-corrected chi connectivity index (χ3v) is 4.13. The molecule has 1 aromatic carbocycles. The predicted octanol–water partition coefficient (Wildman–Crippen LogP) is 3.22. The van der Waals surface area contributed by atoms with Gasteiger partial charge in [0.15, 0.2) is 5.76 Å². The lowest BCUT2D eigenvalue weighted by atomic mass is 10.2. The number of nitrogens with zero attached hydrogens (tertiary/aromatic N) is 2. The predicted molar refractivity (Wildman–Crippen MR) is 94.0 cm³/mol. The first kappa shape index (κ1) is 15.3. The van der Waals surface area contributed by atoms with Crippen LogP contribution in [0, 0.1) is 0 Å². The van der Waals surface area contributed by atoms with E-state index in [0.717, 1.165) is 36.6 Å². The number of fused-ring (bicyclic) bond motifs is 1. The fraction of sp³-hybridized carbons (Fsp3) is 0.222. The Bertz CT molecular complexity index is 895. The Morgan fingerprint density at radius 3 is 2.92 bits per heavy atom. The molecule has 2 N–H and O–H groups in total. The molecule has 7 nitrogen and oxygen atoms in total. The summed E-state index contributed by atoms with van der Waals surface area (Å²) in [7, 11) is 1.62. The Morgan fingerprint density at radius 2 is 2.12 bits per heavy atom. The lowest BCUT2D eigenvalue weighted by molar-refractivity contribution is 0.0997. The Kier molecular flexibility index (Phi) is 3.89. The van der Waals surface area contributed by atoms with E-state index in [0.29, 0.717) is 11.4 Å². The van der Waals surface area contributed by atoms with Gasteiger partial charge in [-0.2, -0.15) is 5.10 Å². The summed E-state index contributed by atoms with van der Waals surface area (Å²) >= 11 is 0. The molecule has 1 aliphatic heterocycles. The molecule has 128 valence electrons. The molecule has 0 bridgehead atoms. The van der Waals surface area contributed by atoms with Gasteiger partial charge in [0, 0.05) is 18.7 Å². The first-order chi connectivity index (χ1) is 12.2. The molecule has 0 saturated carbocycles. The number of amides is 1. The van der Waals surface area contributed by atoms with E-state index in [1.54, 1.807) is 25.4 Å². The highest BCUT2D eigenvalue weighted by molar-refractivity contribution is 6.04. The number of furan rings is 1. The van der Waals surface area contributed by atoms with Crippen LogP contribution in [0.3, 0.4) is 0 Å². The molecular formula is C18H18N4O3. The monoisotopic (exact) mass is 338 g/mol. The van der Waals surface area contributed by atoms with Crippen LogP contribution in [0.2, 0.25) is 0 Å². The van der Waals surface area contributed by atoms with Crippen molar-refractivity contribution in [3.63, 3.8) is 0 Å². The van der Waals surface area contributed by atoms with Crippen LogP contribution < -0.4 is 15.4 Å². The van der Waals surface area contributed by atoms with Crippen LogP contribution in [0.25, 0.3) is 11.3 Å². The normalized spacial score (nSPS) is 13.0. The summed E-state index contributed by atoms with van der Waals surface area (Å²) in [4.78, 5) is 12.5. The van der Waals surface area contributed by atoms with Crippen molar-refractivity contribution in [2.75, 3.05) is 24.3 Å². The van der Waals surface area contributed by atoms with Gasteiger partial charge in [-0.15, -0.1) is 0 Å². The number of methoxy groups -OCH3 is 1. The van der Waals surface area contributed by atoms with Crippen LogP contribution >= 0.6 is 0 Å². The van der Waals surface area contributed by atoms with Crippen molar-refractivity contribution in [1.82, 2.24) is 9.78 Å². The zero-order valence-electron chi connectivity index (χ0n) is 13.8. The van der Waals surface area contributed by atoms with Crippen molar-refractivity contribution in [2.24, 2.45) is 0 Å². The summed E-state index contributed by atoms with van der Waals surface area (Å²) in [6.07, 6.45) is 2.67. The third-order valence-electron chi connectivity index (χ3n) is 4.13. The highest BCUT2D eigenvalue weighted by Crippen LogP contribution is 2.27. The molecule has 0 unspecified atom stereocenters. The van der Waals surface area contributed by atoms with Crippen molar-refractivity contribution in [3.05, 3.63) is 48.4 Å². The van der Waals surface area contributed by atoms with Crippen LogP contribution in [0.15, 0.2) is 47.0 Å². The molecule has 2 aromatic heterocycles. The fourth-order valence-electron chi connectivity index (χ4n) is 2.82. The van der Waals surface area contributed by atoms with Crippen molar-refractivity contribution < 1.29 is 13.9 Å². The van der Waals surface area contributed by atoms with Crippen molar-refractivity contribution in [3.8, 4) is 17.1 Å². The van der Waals surface area contributed by atoms with Crippen LogP contribution in [0.1, 0.15) is 17.0 Å². The molecule has 3 aromatic rings. The molecule has 0 fully saturated rings. The minimum atomic E-state index is -0.303. The number of carbonyl (C=O) groups is 1. The number of anilines is 2. The van der Waals surface area contributed by atoms with Crippen molar-refractivity contribution in [1.29, 1.82) is 0 Å². The average Bonchev–Trinajstić information content (AvgIpc) is 3.30. The molecule has 1 amide bonds. The second kappa shape index (κ2) is 6.35.